The average Bonchev–Trinajstić information content (AvgIpc) is 2.14. The van der Waals surface area contributed by atoms with E-state index in [4.69, 9.17) is 0 Å². The van der Waals surface area contributed by atoms with Gasteiger partial charge in [-0.05, 0) is 12.8 Å². The zero-order chi connectivity index (χ0) is 5.11. The van der Waals surface area contributed by atoms with Crippen LogP contribution in [0.15, 0.2) is 23.8 Å². The van der Waals surface area contributed by atoms with E-state index < -0.39 is 0 Å². The molecule has 0 heterocycles. The molecule has 0 N–H and O–H groups in total. The standard InChI is InChI=1S/C7H10.Tb/c1-2-7-5-3-4-6-7;/h3-5H,2,6H2,1H3;. The third kappa shape index (κ3) is 2.36. The van der Waals surface area contributed by atoms with Gasteiger partial charge in [0.25, 0.3) is 0 Å². The van der Waals surface area contributed by atoms with Crippen molar-refractivity contribution in [3.05, 3.63) is 23.8 Å². The summed E-state index contributed by atoms with van der Waals surface area (Å²) < 4.78 is 0. The predicted molar refractivity (Wildman–Crippen MR) is 32.1 cm³/mol. The Bertz CT molecular complexity index is 112. The molecule has 47 valence electrons. The molecule has 0 amide bonds. The van der Waals surface area contributed by atoms with E-state index in [1.54, 1.807) is 5.57 Å². The second-order valence-corrected chi connectivity index (χ2v) is 1.81. The second kappa shape index (κ2) is 4.63. The van der Waals surface area contributed by atoms with Crippen LogP contribution in [0.2, 0.25) is 0 Å². The van der Waals surface area contributed by atoms with Crippen LogP contribution < -0.4 is 0 Å². The minimum atomic E-state index is 0. The average molecular weight is 253 g/mol. The summed E-state index contributed by atoms with van der Waals surface area (Å²) in [5.74, 6) is 0. The molecule has 1 aliphatic rings. The summed E-state index contributed by atoms with van der Waals surface area (Å²) in [6.07, 6.45) is 8.92. The number of hydrogen-bond donors (Lipinski definition) is 0. The van der Waals surface area contributed by atoms with E-state index in [9.17, 15) is 0 Å². The third-order valence-corrected chi connectivity index (χ3v) is 1.30. The Kier molecular flexibility index (Phi) is 5.07. The van der Waals surface area contributed by atoms with Gasteiger partial charge in [0.15, 0.2) is 0 Å². The molecule has 0 nitrogen and oxygen atoms in total. The maximum absolute atomic E-state index is 2.19. The Morgan fingerprint density at radius 2 is 2.38 bits per heavy atom. The van der Waals surface area contributed by atoms with Crippen molar-refractivity contribution in [2.45, 2.75) is 19.8 Å². The fourth-order valence-corrected chi connectivity index (χ4v) is 0.754. The van der Waals surface area contributed by atoms with Crippen LogP contribution in [-0.2, 0) is 0 Å². The van der Waals surface area contributed by atoms with Crippen LogP contribution in [0.5, 0.6) is 0 Å². The molecule has 0 bridgehead atoms. The molecule has 8 heavy (non-hydrogen) atoms. The molecule has 0 saturated heterocycles. The Balaban J connectivity index is 0.000000490. The van der Waals surface area contributed by atoms with Crippen molar-refractivity contribution in [2.24, 2.45) is 0 Å². The quantitative estimate of drug-likeness (QED) is 0.672. The molecular weight excluding hydrogens is 243 g/mol. The maximum Gasteiger partial charge on any atom is 0 e. The molecular formula is C7H10Tb. The molecule has 0 fully saturated rings. The molecule has 0 unspecified atom stereocenters. The van der Waals surface area contributed by atoms with Crippen LogP contribution >= 0.6 is 0 Å². The van der Waals surface area contributed by atoms with Gasteiger partial charge in [-0.2, -0.15) is 0 Å². The van der Waals surface area contributed by atoms with Crippen molar-refractivity contribution in [1.29, 1.82) is 0 Å². The summed E-state index contributed by atoms with van der Waals surface area (Å²) in [6.45, 7) is 2.19. The van der Waals surface area contributed by atoms with Crippen LogP contribution in [-0.4, -0.2) is 0 Å². The molecule has 0 atom stereocenters. The van der Waals surface area contributed by atoms with Crippen LogP contribution in [0.4, 0.5) is 0 Å². The number of hydrogen-bond acceptors (Lipinski definition) is 0. The van der Waals surface area contributed by atoms with Gasteiger partial charge in [0.1, 0.15) is 0 Å². The smallest absolute Gasteiger partial charge is 0 e. The van der Waals surface area contributed by atoms with Crippen molar-refractivity contribution in [3.63, 3.8) is 0 Å². The molecule has 1 heteroatoms. The molecule has 0 aromatic rings. The monoisotopic (exact) mass is 253 g/mol. The van der Waals surface area contributed by atoms with Crippen LogP contribution in [0.1, 0.15) is 19.8 Å². The molecule has 0 aromatic heterocycles. The van der Waals surface area contributed by atoms with Gasteiger partial charge in [-0.15, -0.1) is 0 Å². The predicted octanol–water partition coefficient (Wildman–Crippen LogP) is 2.28. The van der Waals surface area contributed by atoms with Crippen molar-refractivity contribution in [1.82, 2.24) is 0 Å². The molecule has 0 aliphatic heterocycles. The van der Waals surface area contributed by atoms with Crippen molar-refractivity contribution < 1.29 is 38.6 Å². The molecule has 0 saturated carbocycles. The van der Waals surface area contributed by atoms with E-state index in [1.807, 2.05) is 0 Å². The Hall–Kier alpha value is 0.766. The number of allylic oxidation sites excluding steroid dienone is 4. The van der Waals surface area contributed by atoms with Crippen LogP contribution in [0, 0.1) is 38.6 Å². The van der Waals surface area contributed by atoms with Gasteiger partial charge in [-0.25, -0.2) is 0 Å². The maximum atomic E-state index is 2.19. The molecule has 0 aromatic carbocycles. The van der Waals surface area contributed by atoms with Crippen molar-refractivity contribution in [3.8, 4) is 0 Å². The van der Waals surface area contributed by atoms with E-state index in [2.05, 4.69) is 25.2 Å². The van der Waals surface area contributed by atoms with E-state index in [-0.39, 0.29) is 38.6 Å². The Labute approximate surface area is 81.5 Å². The normalized spacial score (nSPS) is 15.4. The Morgan fingerprint density at radius 3 is 2.62 bits per heavy atom. The molecule has 0 spiro atoms. The first-order valence-electron chi connectivity index (χ1n) is 2.78. The summed E-state index contributed by atoms with van der Waals surface area (Å²) in [7, 11) is 0. The SMILES string of the molecule is CCC1=CC=CC1.[Tb]. The summed E-state index contributed by atoms with van der Waals surface area (Å²) >= 11 is 0. The third-order valence-electron chi connectivity index (χ3n) is 1.30. The first kappa shape index (κ1) is 8.77. The summed E-state index contributed by atoms with van der Waals surface area (Å²) in [4.78, 5) is 0. The van der Waals surface area contributed by atoms with Crippen LogP contribution in [0.25, 0.3) is 0 Å². The molecule has 1 aliphatic carbocycles. The summed E-state index contributed by atoms with van der Waals surface area (Å²) in [5.41, 5.74) is 1.56. The van der Waals surface area contributed by atoms with Crippen molar-refractivity contribution in [2.75, 3.05) is 0 Å². The van der Waals surface area contributed by atoms with E-state index in [1.165, 1.54) is 12.8 Å². The molecule has 1 rings (SSSR count). The fourth-order valence-electron chi connectivity index (χ4n) is 0.754. The van der Waals surface area contributed by atoms with Gasteiger partial charge >= 0.3 is 0 Å². The largest absolute Gasteiger partial charge is 0.0805 e. The zero-order valence-electron chi connectivity index (χ0n) is 4.98. The van der Waals surface area contributed by atoms with E-state index in [0.29, 0.717) is 0 Å². The van der Waals surface area contributed by atoms with Crippen molar-refractivity contribution >= 4 is 0 Å². The van der Waals surface area contributed by atoms with E-state index in [0.717, 1.165) is 0 Å². The Morgan fingerprint density at radius 1 is 1.62 bits per heavy atom. The van der Waals surface area contributed by atoms with Gasteiger partial charge in [-0.1, -0.05) is 30.7 Å². The second-order valence-electron chi connectivity index (χ2n) is 1.81. The first-order chi connectivity index (χ1) is 3.43. The van der Waals surface area contributed by atoms with Gasteiger partial charge in [0.2, 0.25) is 0 Å². The first-order valence-corrected chi connectivity index (χ1v) is 2.78. The zero-order valence-corrected chi connectivity index (χ0v) is 7.12. The summed E-state index contributed by atoms with van der Waals surface area (Å²) in [5, 5.41) is 0. The van der Waals surface area contributed by atoms with Gasteiger partial charge < -0.3 is 0 Å². The molecule has 1 radical (unpaired) electrons. The van der Waals surface area contributed by atoms with Gasteiger partial charge in [-0.3, -0.25) is 0 Å². The van der Waals surface area contributed by atoms with E-state index >= 15 is 0 Å². The van der Waals surface area contributed by atoms with Gasteiger partial charge in [0, 0.05) is 38.6 Å². The fraction of sp³-hybridized carbons (Fsp3) is 0.429. The minimum absolute atomic E-state index is 0. The summed E-state index contributed by atoms with van der Waals surface area (Å²) in [6, 6.07) is 0. The van der Waals surface area contributed by atoms with Gasteiger partial charge in [0.05, 0.1) is 0 Å². The minimum Gasteiger partial charge on any atom is -0.0805 e. The topological polar surface area (TPSA) is 0 Å². The number of rotatable bonds is 1. The van der Waals surface area contributed by atoms with Crippen LogP contribution in [0.3, 0.4) is 0 Å².